The molecule has 0 aliphatic rings. The van der Waals surface area contributed by atoms with Crippen LogP contribution in [0.5, 0.6) is 0 Å². The molecule has 0 fully saturated rings. The maximum atomic E-state index is 11.7. The first-order valence-electron chi connectivity index (χ1n) is 4.73. The molecule has 1 N–H and O–H groups in total. The number of hydrogen-bond donors (Lipinski definition) is 1. The Morgan fingerprint density at radius 1 is 1.44 bits per heavy atom. The zero-order valence-electron chi connectivity index (χ0n) is 8.79. The van der Waals surface area contributed by atoms with Gasteiger partial charge in [0, 0.05) is 11.2 Å². The summed E-state index contributed by atoms with van der Waals surface area (Å²) < 4.78 is 4.74. The van der Waals surface area contributed by atoms with Gasteiger partial charge in [0.25, 0.3) is 5.91 Å². The summed E-state index contributed by atoms with van der Waals surface area (Å²) in [6.45, 7) is 0. The highest BCUT2D eigenvalue weighted by atomic mass is 35.5. The van der Waals surface area contributed by atoms with E-state index in [1.54, 1.807) is 6.07 Å². The van der Waals surface area contributed by atoms with Crippen molar-refractivity contribution in [1.29, 1.82) is 0 Å². The summed E-state index contributed by atoms with van der Waals surface area (Å²) >= 11 is 5.72. The van der Waals surface area contributed by atoms with E-state index in [1.807, 2.05) is 0 Å². The van der Waals surface area contributed by atoms with Crippen molar-refractivity contribution in [2.24, 2.45) is 0 Å². The van der Waals surface area contributed by atoms with Crippen LogP contribution >= 0.6 is 11.6 Å². The number of anilines is 1. The van der Waals surface area contributed by atoms with Crippen molar-refractivity contribution in [2.45, 2.75) is 0 Å². The summed E-state index contributed by atoms with van der Waals surface area (Å²) in [5.74, 6) is -1.09. The Morgan fingerprint density at radius 3 is 2.83 bits per heavy atom. The normalized spacial score (nSPS) is 10.1. The molecule has 92 valence electrons. The summed E-state index contributed by atoms with van der Waals surface area (Å²) in [6.07, 6.45) is 1.42. The number of carbonyl (C=O) groups excluding carboxylic acids is 1. The van der Waals surface area contributed by atoms with Gasteiger partial charge in [0.15, 0.2) is 5.76 Å². The highest BCUT2D eigenvalue weighted by Gasteiger charge is 2.17. The van der Waals surface area contributed by atoms with E-state index in [4.69, 9.17) is 16.0 Å². The van der Waals surface area contributed by atoms with Crippen LogP contribution < -0.4 is 5.32 Å². The zero-order chi connectivity index (χ0) is 13.1. The van der Waals surface area contributed by atoms with Crippen LogP contribution in [0, 0.1) is 10.1 Å². The average molecular weight is 268 g/mol. The highest BCUT2D eigenvalue weighted by molar-refractivity contribution is 6.30. The van der Waals surface area contributed by atoms with E-state index in [0.29, 0.717) is 5.02 Å². The molecule has 2 aromatic rings. The fourth-order valence-electron chi connectivity index (χ4n) is 1.20. The smallest absolute Gasteiger partial charge is 0.395 e. The molecule has 8 heteroatoms. The molecule has 0 saturated carbocycles. The summed E-state index contributed by atoms with van der Waals surface area (Å²) in [5.41, 5.74) is 0. The number of aromatic nitrogens is 1. The Labute approximate surface area is 106 Å². The number of rotatable bonds is 3. The quantitative estimate of drug-likeness (QED) is 0.680. The number of amides is 1. The van der Waals surface area contributed by atoms with Gasteiger partial charge in [-0.05, 0) is 18.2 Å². The SMILES string of the molecule is O=C(Nc1cc(Cl)ccn1)c1ccc([N+](=O)[O-])o1. The minimum atomic E-state index is -0.728. The molecule has 0 saturated heterocycles. The minimum absolute atomic E-state index is 0.177. The third kappa shape index (κ3) is 2.64. The fourth-order valence-corrected chi connectivity index (χ4v) is 1.36. The number of hydrogen-bond acceptors (Lipinski definition) is 5. The molecular weight excluding hydrogens is 262 g/mol. The van der Waals surface area contributed by atoms with Crippen molar-refractivity contribution >= 4 is 29.2 Å². The first kappa shape index (κ1) is 12.1. The number of pyridine rings is 1. The molecular formula is C10H6ClN3O4. The second-order valence-electron chi connectivity index (χ2n) is 3.21. The predicted octanol–water partition coefficient (Wildman–Crippen LogP) is 2.49. The fraction of sp³-hybridized carbons (Fsp3) is 0. The molecule has 0 radical (unpaired) electrons. The first-order valence-corrected chi connectivity index (χ1v) is 5.11. The molecule has 2 aromatic heterocycles. The van der Waals surface area contributed by atoms with Crippen LogP contribution in [0.25, 0.3) is 0 Å². The van der Waals surface area contributed by atoms with Gasteiger partial charge in [0.2, 0.25) is 0 Å². The summed E-state index contributed by atoms with van der Waals surface area (Å²) in [5, 5.41) is 13.2. The van der Waals surface area contributed by atoms with Crippen molar-refractivity contribution in [1.82, 2.24) is 4.98 Å². The van der Waals surface area contributed by atoms with E-state index in [9.17, 15) is 14.9 Å². The molecule has 0 spiro atoms. The Morgan fingerprint density at radius 2 is 2.22 bits per heavy atom. The number of halogens is 1. The van der Waals surface area contributed by atoms with Gasteiger partial charge in [-0.2, -0.15) is 0 Å². The van der Waals surface area contributed by atoms with Crippen LogP contribution in [0.2, 0.25) is 5.02 Å². The van der Waals surface area contributed by atoms with Gasteiger partial charge < -0.3 is 9.73 Å². The number of furan rings is 1. The van der Waals surface area contributed by atoms with Crippen molar-refractivity contribution in [3.05, 3.63) is 51.4 Å². The van der Waals surface area contributed by atoms with Gasteiger partial charge in [0.1, 0.15) is 10.7 Å². The Hall–Kier alpha value is -2.41. The molecule has 0 bridgehead atoms. The average Bonchev–Trinajstić information content (AvgIpc) is 2.78. The molecule has 0 aliphatic heterocycles. The highest BCUT2D eigenvalue weighted by Crippen LogP contribution is 2.17. The van der Waals surface area contributed by atoms with Gasteiger partial charge in [-0.3, -0.25) is 14.9 Å². The Balaban J connectivity index is 2.14. The lowest BCUT2D eigenvalue weighted by Gasteiger charge is -2.01. The van der Waals surface area contributed by atoms with E-state index in [0.717, 1.165) is 6.07 Å². The molecule has 2 heterocycles. The maximum Gasteiger partial charge on any atom is 0.433 e. The van der Waals surface area contributed by atoms with Crippen LogP contribution in [0.1, 0.15) is 10.6 Å². The van der Waals surface area contributed by atoms with Gasteiger partial charge >= 0.3 is 5.88 Å². The van der Waals surface area contributed by atoms with Crippen molar-refractivity contribution < 1.29 is 14.1 Å². The van der Waals surface area contributed by atoms with E-state index in [2.05, 4.69) is 10.3 Å². The number of carbonyl (C=O) groups is 1. The van der Waals surface area contributed by atoms with Crippen LogP contribution in [0.4, 0.5) is 11.7 Å². The molecule has 7 nitrogen and oxygen atoms in total. The summed E-state index contributed by atoms with van der Waals surface area (Å²) in [7, 11) is 0. The lowest BCUT2D eigenvalue weighted by Crippen LogP contribution is -2.11. The van der Waals surface area contributed by atoms with E-state index in [-0.39, 0.29) is 11.6 Å². The van der Waals surface area contributed by atoms with Crippen LogP contribution in [-0.2, 0) is 0 Å². The topological polar surface area (TPSA) is 98.3 Å². The van der Waals surface area contributed by atoms with Gasteiger partial charge in [-0.1, -0.05) is 11.6 Å². The van der Waals surface area contributed by atoms with Gasteiger partial charge in [0.05, 0.1) is 6.07 Å². The molecule has 0 atom stereocenters. The van der Waals surface area contributed by atoms with Crippen LogP contribution in [0.15, 0.2) is 34.9 Å². The van der Waals surface area contributed by atoms with Crippen molar-refractivity contribution in [3.63, 3.8) is 0 Å². The molecule has 18 heavy (non-hydrogen) atoms. The molecule has 0 aromatic carbocycles. The van der Waals surface area contributed by atoms with E-state index >= 15 is 0 Å². The maximum absolute atomic E-state index is 11.7. The largest absolute Gasteiger partial charge is 0.433 e. The Bertz CT molecular complexity index is 611. The lowest BCUT2D eigenvalue weighted by molar-refractivity contribution is -0.402. The predicted molar refractivity (Wildman–Crippen MR) is 62.6 cm³/mol. The van der Waals surface area contributed by atoms with Crippen LogP contribution in [0.3, 0.4) is 0 Å². The first-order chi connectivity index (χ1) is 8.56. The standard InChI is InChI=1S/C10H6ClN3O4/c11-6-3-4-12-8(5-6)13-10(15)7-1-2-9(18-7)14(16)17/h1-5H,(H,12,13,15). The number of nitro groups is 1. The monoisotopic (exact) mass is 267 g/mol. The summed E-state index contributed by atoms with van der Waals surface area (Å²) in [4.78, 5) is 25.2. The van der Waals surface area contributed by atoms with Gasteiger partial charge in [-0.15, -0.1) is 0 Å². The van der Waals surface area contributed by atoms with Crippen LogP contribution in [-0.4, -0.2) is 15.8 Å². The van der Waals surface area contributed by atoms with Gasteiger partial charge in [-0.25, -0.2) is 4.98 Å². The number of nitrogens with zero attached hydrogens (tertiary/aromatic N) is 2. The van der Waals surface area contributed by atoms with E-state index in [1.165, 1.54) is 18.3 Å². The minimum Gasteiger partial charge on any atom is -0.395 e. The molecule has 1 amide bonds. The molecule has 0 aliphatic carbocycles. The second-order valence-corrected chi connectivity index (χ2v) is 3.64. The third-order valence-electron chi connectivity index (χ3n) is 1.96. The third-order valence-corrected chi connectivity index (χ3v) is 2.19. The lowest BCUT2D eigenvalue weighted by atomic mass is 10.4. The van der Waals surface area contributed by atoms with Crippen molar-refractivity contribution in [2.75, 3.05) is 5.32 Å². The van der Waals surface area contributed by atoms with Crippen molar-refractivity contribution in [3.8, 4) is 0 Å². The molecule has 2 rings (SSSR count). The van der Waals surface area contributed by atoms with E-state index < -0.39 is 16.7 Å². The second kappa shape index (κ2) is 4.84. The Kier molecular flexibility index (Phi) is 3.24. The summed E-state index contributed by atoms with van der Waals surface area (Å²) in [6, 6.07) is 5.30. The zero-order valence-corrected chi connectivity index (χ0v) is 9.55. The number of nitrogens with one attached hydrogen (secondary N) is 1. The molecule has 0 unspecified atom stereocenters.